The van der Waals surface area contributed by atoms with E-state index in [-0.39, 0.29) is 5.75 Å². The highest BCUT2D eigenvalue weighted by molar-refractivity contribution is 5.95. The number of ether oxygens (including phenoxy) is 1. The van der Waals surface area contributed by atoms with Crippen molar-refractivity contribution in [2.45, 2.75) is 39.5 Å². The molecule has 0 radical (unpaired) electrons. The van der Waals surface area contributed by atoms with E-state index < -0.39 is 10.9 Å². The zero-order valence-corrected chi connectivity index (χ0v) is 15.5. The van der Waals surface area contributed by atoms with Crippen molar-refractivity contribution in [2.75, 3.05) is 18.1 Å². The molecule has 0 aromatic heterocycles. The van der Waals surface area contributed by atoms with Crippen LogP contribution < -0.4 is 20.5 Å². The van der Waals surface area contributed by atoms with Gasteiger partial charge >= 0.3 is 0 Å². The van der Waals surface area contributed by atoms with Crippen LogP contribution in [0.5, 0.6) is 5.75 Å². The second kappa shape index (κ2) is 8.17. The van der Waals surface area contributed by atoms with Crippen LogP contribution in [-0.2, 0) is 0 Å². The van der Waals surface area contributed by atoms with Gasteiger partial charge < -0.3 is 9.64 Å². The molecule has 0 aliphatic carbocycles. The Bertz CT molecular complexity index is 900. The van der Waals surface area contributed by atoms with Crippen LogP contribution >= 0.6 is 0 Å². The zero-order valence-electron chi connectivity index (χ0n) is 15.5. The average molecular weight is 351 g/mol. The van der Waals surface area contributed by atoms with E-state index in [1.807, 2.05) is 18.2 Å². The Labute approximate surface area is 154 Å². The molecule has 1 heterocycles. The van der Waals surface area contributed by atoms with E-state index in [9.17, 15) is 9.59 Å². The van der Waals surface area contributed by atoms with Gasteiger partial charge in [-0.1, -0.05) is 44.4 Å². The molecule has 0 atom stereocenters. The number of para-hydroxylation sites is 1. The Morgan fingerprint density at radius 3 is 2.62 bits per heavy atom. The summed E-state index contributed by atoms with van der Waals surface area (Å²) in [4.78, 5) is 25.9. The van der Waals surface area contributed by atoms with Crippen LogP contribution in [0, 0.1) is 0 Å². The monoisotopic (exact) mass is 351 g/mol. The number of unbranched alkanes of at least 4 members (excludes halogenated alkanes) is 3. The smallest absolute Gasteiger partial charge is 0.268 e. The number of fused-ring (bicyclic) bond motifs is 1. The predicted molar refractivity (Wildman–Crippen MR) is 107 cm³/mol. The molecule has 0 fully saturated rings. The first-order valence-corrected chi connectivity index (χ1v) is 9.39. The minimum Gasteiger partial charge on any atom is -0.489 e. The topological polar surface area (TPSA) is 46.6 Å². The van der Waals surface area contributed by atoms with E-state index in [0.717, 1.165) is 29.8 Å². The summed E-state index contributed by atoms with van der Waals surface area (Å²) in [6, 6.07) is 8.16. The summed E-state index contributed by atoms with van der Waals surface area (Å²) in [6.07, 6.45) is 10.7. The quantitative estimate of drug-likeness (QED) is 0.530. The van der Waals surface area contributed by atoms with Gasteiger partial charge in [-0.25, -0.2) is 0 Å². The molecule has 0 amide bonds. The Morgan fingerprint density at radius 2 is 1.85 bits per heavy atom. The lowest BCUT2D eigenvalue weighted by molar-refractivity contribution is 0.332. The van der Waals surface area contributed by atoms with Gasteiger partial charge in [0.2, 0.25) is 5.43 Å². The van der Waals surface area contributed by atoms with Crippen molar-refractivity contribution in [1.82, 2.24) is 0 Å². The molecule has 2 aromatic carbocycles. The van der Waals surface area contributed by atoms with Crippen molar-refractivity contribution >= 4 is 17.3 Å². The lowest BCUT2D eigenvalue weighted by Gasteiger charge is -2.28. The van der Waals surface area contributed by atoms with E-state index >= 15 is 0 Å². The molecule has 136 valence electrons. The maximum absolute atomic E-state index is 11.9. The fourth-order valence-corrected chi connectivity index (χ4v) is 3.30. The summed E-state index contributed by atoms with van der Waals surface area (Å²) < 4.78 is 5.33. The van der Waals surface area contributed by atoms with Gasteiger partial charge in [0.05, 0.1) is 12.2 Å². The van der Waals surface area contributed by atoms with Gasteiger partial charge in [0.25, 0.3) is 5.43 Å². The van der Waals surface area contributed by atoms with Crippen molar-refractivity contribution < 1.29 is 4.74 Å². The van der Waals surface area contributed by atoms with Crippen molar-refractivity contribution in [3.05, 3.63) is 68.1 Å². The molecule has 2 aromatic rings. The number of rotatable bonds is 8. The van der Waals surface area contributed by atoms with Gasteiger partial charge in [0.1, 0.15) is 0 Å². The number of hydrogen-bond donors (Lipinski definition) is 0. The van der Waals surface area contributed by atoms with Gasteiger partial charge in [0.15, 0.2) is 5.75 Å². The largest absolute Gasteiger partial charge is 0.489 e. The number of anilines is 1. The van der Waals surface area contributed by atoms with E-state index in [0.29, 0.717) is 12.2 Å². The zero-order chi connectivity index (χ0) is 18.5. The molecule has 1 aliphatic rings. The maximum atomic E-state index is 11.9. The normalized spacial score (nSPS) is 14.8. The highest BCUT2D eigenvalue weighted by atomic mass is 16.5. The van der Waals surface area contributed by atoms with Gasteiger partial charge in [-0.05, 0) is 37.1 Å². The van der Waals surface area contributed by atoms with Gasteiger partial charge in [-0.3, -0.25) is 9.59 Å². The van der Waals surface area contributed by atoms with E-state index in [1.165, 1.54) is 19.3 Å². The minimum atomic E-state index is -0.524. The first-order valence-electron chi connectivity index (χ1n) is 9.39. The Morgan fingerprint density at radius 1 is 1.04 bits per heavy atom. The van der Waals surface area contributed by atoms with Crippen molar-refractivity contribution in [1.29, 1.82) is 0 Å². The summed E-state index contributed by atoms with van der Waals surface area (Å²) >= 11 is 0. The SMILES string of the molecule is CCCCCCN1C=C/C(=C\c2c(OCC)c(=O)c2=O)c2ccccc21. The van der Waals surface area contributed by atoms with Crippen LogP contribution in [0.2, 0.25) is 0 Å². The Kier molecular flexibility index (Phi) is 5.71. The summed E-state index contributed by atoms with van der Waals surface area (Å²) in [5.41, 5.74) is 2.52. The van der Waals surface area contributed by atoms with Crippen LogP contribution in [0.3, 0.4) is 0 Å². The van der Waals surface area contributed by atoms with Gasteiger partial charge in [0, 0.05) is 24.0 Å². The van der Waals surface area contributed by atoms with Gasteiger partial charge in [-0.2, -0.15) is 0 Å². The highest BCUT2D eigenvalue weighted by Gasteiger charge is 2.22. The third kappa shape index (κ3) is 3.50. The molecule has 26 heavy (non-hydrogen) atoms. The lowest BCUT2D eigenvalue weighted by atomic mass is 9.96. The Hall–Kier alpha value is -2.62. The number of nitrogens with zero attached hydrogens (tertiary/aromatic N) is 1. The maximum Gasteiger partial charge on any atom is 0.268 e. The van der Waals surface area contributed by atoms with E-state index in [1.54, 1.807) is 13.0 Å². The van der Waals surface area contributed by atoms with Gasteiger partial charge in [-0.15, -0.1) is 0 Å². The molecule has 0 N–H and O–H groups in total. The van der Waals surface area contributed by atoms with Crippen LogP contribution in [0.25, 0.3) is 11.6 Å². The lowest BCUT2D eigenvalue weighted by Crippen LogP contribution is -2.35. The standard InChI is InChI=1S/C22H25NO3/c1-3-5-6-9-13-23-14-12-16(17-10-7-8-11-19(17)23)15-18-20(24)21(25)22(18)26-4-2/h7-8,10-12,14-15H,3-6,9,13H2,1-2H3/b16-15+. The summed E-state index contributed by atoms with van der Waals surface area (Å²) in [5, 5.41) is 0. The second-order valence-electron chi connectivity index (χ2n) is 6.52. The van der Waals surface area contributed by atoms with Crippen LogP contribution in [0.4, 0.5) is 5.69 Å². The fraction of sp³-hybridized carbons (Fsp3) is 0.364. The second-order valence-corrected chi connectivity index (χ2v) is 6.52. The first kappa shape index (κ1) is 18.2. The number of benzene rings is 1. The first-order chi connectivity index (χ1) is 12.7. The van der Waals surface area contributed by atoms with E-state index in [4.69, 9.17) is 4.74 Å². The summed E-state index contributed by atoms with van der Waals surface area (Å²) in [7, 11) is 0. The molecule has 1 aliphatic heterocycles. The third-order valence-electron chi connectivity index (χ3n) is 4.70. The fourth-order valence-electron chi connectivity index (χ4n) is 3.30. The molecule has 4 heteroatoms. The molecule has 0 unspecified atom stereocenters. The van der Waals surface area contributed by atoms with Crippen molar-refractivity contribution in [3.63, 3.8) is 0 Å². The predicted octanol–water partition coefficient (Wildman–Crippen LogP) is 4.14. The molecular formula is C22H25NO3. The van der Waals surface area contributed by atoms with Crippen molar-refractivity contribution in [3.8, 4) is 5.75 Å². The summed E-state index contributed by atoms with van der Waals surface area (Å²) in [5.74, 6) is 0.192. The van der Waals surface area contributed by atoms with E-state index in [2.05, 4.69) is 30.2 Å². The molecule has 0 spiro atoms. The van der Waals surface area contributed by atoms with Crippen LogP contribution in [-0.4, -0.2) is 13.2 Å². The third-order valence-corrected chi connectivity index (χ3v) is 4.70. The number of allylic oxidation sites excluding steroid dienone is 2. The molecule has 4 nitrogen and oxygen atoms in total. The Balaban J connectivity index is 1.88. The van der Waals surface area contributed by atoms with Crippen molar-refractivity contribution in [2.24, 2.45) is 0 Å². The minimum absolute atomic E-state index is 0.192. The molecule has 0 saturated carbocycles. The van der Waals surface area contributed by atoms with Crippen LogP contribution in [0.1, 0.15) is 50.7 Å². The molecule has 0 bridgehead atoms. The van der Waals surface area contributed by atoms with Crippen LogP contribution in [0.15, 0.2) is 46.1 Å². The molecular weight excluding hydrogens is 326 g/mol. The average Bonchev–Trinajstić information content (AvgIpc) is 2.68. The number of hydrogen-bond acceptors (Lipinski definition) is 4. The molecule has 3 rings (SSSR count). The molecule has 0 saturated heterocycles. The summed E-state index contributed by atoms with van der Waals surface area (Å²) in [6.45, 7) is 5.37. The highest BCUT2D eigenvalue weighted by Crippen LogP contribution is 2.34.